The summed E-state index contributed by atoms with van der Waals surface area (Å²) in [6.07, 6.45) is -1.87. The van der Waals surface area contributed by atoms with Crippen LogP contribution in [0.5, 0.6) is 0 Å². The maximum absolute atomic E-state index is 13.7. The zero-order chi connectivity index (χ0) is 19.6. The van der Waals surface area contributed by atoms with Gasteiger partial charge in [0.1, 0.15) is 12.4 Å². The van der Waals surface area contributed by atoms with Gasteiger partial charge in [0, 0.05) is 11.8 Å². The number of esters is 1. The highest BCUT2D eigenvalue weighted by Crippen LogP contribution is 2.29. The van der Waals surface area contributed by atoms with Crippen LogP contribution in [0.4, 0.5) is 17.6 Å². The van der Waals surface area contributed by atoms with Crippen LogP contribution in [-0.2, 0) is 17.5 Å². The molecule has 8 heteroatoms. The van der Waals surface area contributed by atoms with Crippen molar-refractivity contribution in [3.05, 3.63) is 82.9 Å². The van der Waals surface area contributed by atoms with Crippen LogP contribution in [0.3, 0.4) is 0 Å². The molecule has 0 radical (unpaired) electrons. The summed E-state index contributed by atoms with van der Waals surface area (Å²) in [4.78, 5) is 12.1. The van der Waals surface area contributed by atoms with Crippen molar-refractivity contribution in [2.45, 2.75) is 19.7 Å². The van der Waals surface area contributed by atoms with Crippen LogP contribution >= 0.6 is 0 Å². The van der Waals surface area contributed by atoms with Gasteiger partial charge < -0.3 is 4.74 Å². The summed E-state index contributed by atoms with van der Waals surface area (Å²) in [5, 5.41) is 3.95. The van der Waals surface area contributed by atoms with E-state index < -0.39 is 23.5 Å². The topological polar surface area (TPSA) is 44.1 Å². The average Bonchev–Trinajstić information content (AvgIpc) is 3.12. The van der Waals surface area contributed by atoms with Crippen LogP contribution in [0.15, 0.2) is 54.9 Å². The van der Waals surface area contributed by atoms with Gasteiger partial charge in [-0.2, -0.15) is 18.3 Å². The first-order valence-electron chi connectivity index (χ1n) is 7.88. The predicted octanol–water partition coefficient (Wildman–Crippen LogP) is 4.70. The van der Waals surface area contributed by atoms with Crippen molar-refractivity contribution in [1.82, 2.24) is 9.78 Å². The van der Waals surface area contributed by atoms with E-state index in [2.05, 4.69) is 5.10 Å². The highest BCUT2D eigenvalue weighted by Gasteiger charge is 2.30. The van der Waals surface area contributed by atoms with Crippen LogP contribution in [0.2, 0.25) is 0 Å². The predicted molar refractivity (Wildman–Crippen MR) is 88.8 cm³/mol. The number of hydrogen-bond acceptors (Lipinski definition) is 3. The monoisotopic (exact) mass is 378 g/mol. The fourth-order valence-corrected chi connectivity index (χ4v) is 2.41. The summed E-state index contributed by atoms with van der Waals surface area (Å²) in [5.74, 6) is -1.19. The van der Waals surface area contributed by atoms with Gasteiger partial charge in [0.05, 0.1) is 23.0 Å². The molecule has 0 unspecified atom stereocenters. The zero-order valence-corrected chi connectivity index (χ0v) is 14.1. The Bertz CT molecular complexity index is 963. The van der Waals surface area contributed by atoms with E-state index in [4.69, 9.17) is 4.74 Å². The molecule has 1 heterocycles. The van der Waals surface area contributed by atoms with E-state index in [0.29, 0.717) is 5.69 Å². The van der Waals surface area contributed by atoms with Gasteiger partial charge >= 0.3 is 12.1 Å². The number of aromatic nitrogens is 2. The number of halogens is 4. The molecule has 0 aliphatic rings. The highest BCUT2D eigenvalue weighted by molar-refractivity contribution is 5.88. The second kappa shape index (κ2) is 7.22. The summed E-state index contributed by atoms with van der Waals surface area (Å²) in [6, 6.07) is 8.81. The number of hydrogen-bond donors (Lipinski definition) is 0. The van der Waals surface area contributed by atoms with Gasteiger partial charge in [0.25, 0.3) is 0 Å². The van der Waals surface area contributed by atoms with Crippen molar-refractivity contribution >= 4 is 5.97 Å². The Kier molecular flexibility index (Phi) is 4.98. The number of ether oxygens (including phenoxy) is 1. The fraction of sp³-hybridized carbons (Fsp3) is 0.158. The quantitative estimate of drug-likeness (QED) is 0.488. The molecule has 0 saturated heterocycles. The van der Waals surface area contributed by atoms with Gasteiger partial charge in [-0.05, 0) is 43.3 Å². The first-order chi connectivity index (χ1) is 12.7. The number of aryl methyl sites for hydroxylation is 1. The van der Waals surface area contributed by atoms with E-state index in [-0.39, 0.29) is 17.7 Å². The van der Waals surface area contributed by atoms with Gasteiger partial charge in [0.2, 0.25) is 0 Å². The van der Waals surface area contributed by atoms with Gasteiger partial charge in [-0.15, -0.1) is 0 Å². The van der Waals surface area contributed by atoms with Crippen LogP contribution in [0.1, 0.15) is 27.0 Å². The normalized spacial score (nSPS) is 11.4. The number of carbonyl (C=O) groups is 1. The summed E-state index contributed by atoms with van der Waals surface area (Å²) in [5.41, 5.74) is 0.754. The van der Waals surface area contributed by atoms with Crippen molar-refractivity contribution in [3.63, 3.8) is 0 Å². The molecule has 0 N–H and O–H groups in total. The Hall–Kier alpha value is -3.16. The van der Waals surface area contributed by atoms with Crippen molar-refractivity contribution in [2.24, 2.45) is 0 Å². The second-order valence-corrected chi connectivity index (χ2v) is 5.89. The lowest BCUT2D eigenvalue weighted by atomic mass is 10.1. The standard InChI is InChI=1S/C19H14F4N2O2/c1-12-2-7-17(20)13(8-12)11-27-18(26)14-9-24-25(10-14)16-5-3-15(4-6-16)19(21,22)23/h2-10H,11H2,1H3. The molecule has 0 fully saturated rings. The van der Waals surface area contributed by atoms with Crippen molar-refractivity contribution in [2.75, 3.05) is 0 Å². The molecule has 0 aliphatic heterocycles. The number of rotatable bonds is 4. The third-order valence-corrected chi connectivity index (χ3v) is 3.84. The highest BCUT2D eigenvalue weighted by atomic mass is 19.4. The molecule has 0 atom stereocenters. The Morgan fingerprint density at radius 1 is 1.15 bits per heavy atom. The Labute approximate surface area is 152 Å². The summed E-state index contributed by atoms with van der Waals surface area (Å²) in [6.45, 7) is 1.55. The van der Waals surface area contributed by atoms with E-state index in [9.17, 15) is 22.4 Å². The lowest BCUT2D eigenvalue weighted by molar-refractivity contribution is -0.137. The third-order valence-electron chi connectivity index (χ3n) is 3.84. The maximum Gasteiger partial charge on any atom is 0.416 e. The molecule has 3 rings (SSSR count). The first kappa shape index (κ1) is 18.6. The van der Waals surface area contributed by atoms with Crippen molar-refractivity contribution in [1.29, 1.82) is 0 Å². The van der Waals surface area contributed by atoms with E-state index in [1.807, 2.05) is 0 Å². The van der Waals surface area contributed by atoms with Crippen molar-refractivity contribution < 1.29 is 27.1 Å². The minimum atomic E-state index is -4.43. The third kappa shape index (κ3) is 4.33. The molecule has 0 amide bonds. The van der Waals surface area contributed by atoms with Crippen molar-refractivity contribution in [3.8, 4) is 5.69 Å². The molecular formula is C19H14F4N2O2. The van der Waals surface area contributed by atoms with Crippen LogP contribution < -0.4 is 0 Å². The summed E-state index contributed by atoms with van der Waals surface area (Å²) >= 11 is 0. The van der Waals surface area contributed by atoms with Gasteiger partial charge in [-0.25, -0.2) is 13.9 Å². The molecule has 1 aromatic heterocycles. The molecule has 0 bridgehead atoms. The number of benzene rings is 2. The van der Waals surface area contributed by atoms with Gasteiger partial charge in [0.15, 0.2) is 0 Å². The molecule has 3 aromatic rings. The van der Waals surface area contributed by atoms with Crippen LogP contribution in [-0.4, -0.2) is 15.7 Å². The molecule has 0 saturated carbocycles. The van der Waals surface area contributed by atoms with Crippen LogP contribution in [0, 0.1) is 12.7 Å². The largest absolute Gasteiger partial charge is 0.457 e. The molecule has 2 aromatic carbocycles. The van der Waals surface area contributed by atoms with Crippen LogP contribution in [0.25, 0.3) is 5.69 Å². The average molecular weight is 378 g/mol. The summed E-state index contributed by atoms with van der Waals surface area (Å²) < 4.78 is 57.8. The Balaban J connectivity index is 1.69. The number of nitrogens with zero attached hydrogens (tertiary/aromatic N) is 2. The van der Waals surface area contributed by atoms with Gasteiger partial charge in [-0.3, -0.25) is 0 Å². The minimum Gasteiger partial charge on any atom is -0.457 e. The Morgan fingerprint density at radius 3 is 2.52 bits per heavy atom. The molecule has 4 nitrogen and oxygen atoms in total. The van der Waals surface area contributed by atoms with E-state index in [1.54, 1.807) is 19.1 Å². The molecular weight excluding hydrogens is 364 g/mol. The molecule has 27 heavy (non-hydrogen) atoms. The minimum absolute atomic E-state index is 0.1000. The van der Waals surface area contributed by atoms with E-state index >= 15 is 0 Å². The SMILES string of the molecule is Cc1ccc(F)c(COC(=O)c2cnn(-c3ccc(C(F)(F)F)cc3)c2)c1. The molecule has 0 aliphatic carbocycles. The number of carbonyl (C=O) groups excluding carboxylic acids is 1. The second-order valence-electron chi connectivity index (χ2n) is 5.89. The van der Waals surface area contributed by atoms with Gasteiger partial charge in [-0.1, -0.05) is 11.6 Å². The maximum atomic E-state index is 13.7. The summed E-state index contributed by atoms with van der Waals surface area (Å²) in [7, 11) is 0. The van der Waals surface area contributed by atoms with E-state index in [0.717, 1.165) is 17.7 Å². The lowest BCUT2D eigenvalue weighted by Crippen LogP contribution is -2.06. The zero-order valence-electron chi connectivity index (χ0n) is 14.1. The molecule has 140 valence electrons. The number of alkyl halides is 3. The lowest BCUT2D eigenvalue weighted by Gasteiger charge is -2.07. The smallest absolute Gasteiger partial charge is 0.416 e. The van der Waals surface area contributed by atoms with E-state index in [1.165, 1.54) is 35.3 Å². The first-order valence-corrected chi connectivity index (χ1v) is 7.88. The Morgan fingerprint density at radius 2 is 1.85 bits per heavy atom. The molecule has 0 spiro atoms. The fourth-order valence-electron chi connectivity index (χ4n) is 2.41.